The normalized spacial score (nSPS) is 20.8. The largest absolute Gasteiger partial charge is 0.298 e. The average molecular weight is 398 g/mol. The zero-order valence-corrected chi connectivity index (χ0v) is 18.5. The highest BCUT2D eigenvalue weighted by Gasteiger charge is 2.24. The van der Waals surface area contributed by atoms with Gasteiger partial charge in [0.1, 0.15) is 0 Å². The van der Waals surface area contributed by atoms with Crippen molar-refractivity contribution in [1.82, 2.24) is 4.90 Å². The molecule has 0 N–H and O–H groups in total. The zero-order chi connectivity index (χ0) is 19.9. The highest BCUT2D eigenvalue weighted by atomic mass is 35.5. The lowest BCUT2D eigenvalue weighted by Crippen LogP contribution is -2.40. The first-order valence-corrected chi connectivity index (χ1v) is 11.5. The van der Waals surface area contributed by atoms with Crippen molar-refractivity contribution in [3.05, 3.63) is 71.3 Å². The van der Waals surface area contributed by atoms with Crippen LogP contribution in [0.1, 0.15) is 69.1 Å². The molecule has 3 rings (SSSR count). The maximum Gasteiger partial charge on any atom is 0.0342 e. The molecule has 1 saturated carbocycles. The minimum Gasteiger partial charge on any atom is -0.298 e. The van der Waals surface area contributed by atoms with Gasteiger partial charge in [-0.05, 0) is 81.9 Å². The number of aryl methyl sites for hydroxylation is 1. The fourth-order valence-electron chi connectivity index (χ4n) is 4.62. The highest BCUT2D eigenvalue weighted by molar-refractivity contribution is 6.20. The van der Waals surface area contributed by atoms with E-state index in [9.17, 15) is 0 Å². The van der Waals surface area contributed by atoms with Gasteiger partial charge in [0, 0.05) is 24.0 Å². The van der Waals surface area contributed by atoms with Gasteiger partial charge in [0.15, 0.2) is 0 Å². The number of alkyl halides is 1. The van der Waals surface area contributed by atoms with Crippen LogP contribution in [0.3, 0.4) is 0 Å². The monoisotopic (exact) mass is 397 g/mol. The van der Waals surface area contributed by atoms with Gasteiger partial charge in [0.25, 0.3) is 0 Å². The first-order chi connectivity index (χ1) is 13.5. The Kier molecular flexibility index (Phi) is 8.00. The molecule has 28 heavy (non-hydrogen) atoms. The molecule has 0 aromatic heterocycles. The number of halogens is 1. The third kappa shape index (κ3) is 6.09. The molecule has 2 heteroatoms. The van der Waals surface area contributed by atoms with E-state index < -0.39 is 0 Å². The Morgan fingerprint density at radius 3 is 2.18 bits per heavy atom. The Bertz CT molecular complexity index is 694. The molecule has 1 aliphatic carbocycles. The van der Waals surface area contributed by atoms with E-state index in [-0.39, 0.29) is 0 Å². The number of hydrogen-bond acceptors (Lipinski definition) is 1. The summed E-state index contributed by atoms with van der Waals surface area (Å²) in [6, 6.07) is 21.4. The van der Waals surface area contributed by atoms with Crippen LogP contribution in [0.25, 0.3) is 0 Å². The summed E-state index contributed by atoms with van der Waals surface area (Å²) in [5.74, 6) is 0.671. The van der Waals surface area contributed by atoms with Gasteiger partial charge in [0.2, 0.25) is 0 Å². The molecular weight excluding hydrogens is 362 g/mol. The van der Waals surface area contributed by atoms with E-state index in [4.69, 9.17) is 11.6 Å². The van der Waals surface area contributed by atoms with Crippen LogP contribution in [0, 0.1) is 0 Å². The Balaban J connectivity index is 1.50. The van der Waals surface area contributed by atoms with Crippen LogP contribution in [0.5, 0.6) is 0 Å². The minimum atomic E-state index is 0.378. The van der Waals surface area contributed by atoms with Crippen molar-refractivity contribution in [2.24, 2.45) is 0 Å². The first-order valence-electron chi connectivity index (χ1n) is 11.1. The number of hydrogen-bond donors (Lipinski definition) is 0. The maximum absolute atomic E-state index is 6.29. The molecule has 0 aliphatic heterocycles. The Hall–Kier alpha value is -1.31. The fraction of sp³-hybridized carbons (Fsp3) is 0.538. The van der Waals surface area contributed by atoms with Crippen LogP contribution in [0.15, 0.2) is 54.6 Å². The van der Waals surface area contributed by atoms with Gasteiger partial charge in [-0.2, -0.15) is 0 Å². The van der Waals surface area contributed by atoms with Crippen molar-refractivity contribution in [3.63, 3.8) is 0 Å². The molecule has 0 bridgehead atoms. The SMILES string of the molecule is CC(C)N(CCc1ccccc1)C(C)CCc1ccc(C2CCC(Cl)C2)cc1. The van der Waals surface area contributed by atoms with E-state index in [1.54, 1.807) is 0 Å². The summed E-state index contributed by atoms with van der Waals surface area (Å²) in [5.41, 5.74) is 4.37. The highest BCUT2D eigenvalue weighted by Crippen LogP contribution is 2.37. The molecule has 1 fully saturated rings. The van der Waals surface area contributed by atoms with E-state index in [1.807, 2.05) is 0 Å². The number of rotatable bonds is 9. The molecule has 0 radical (unpaired) electrons. The third-order valence-electron chi connectivity index (χ3n) is 6.40. The van der Waals surface area contributed by atoms with Crippen LogP contribution >= 0.6 is 11.6 Å². The Labute approximate surface area is 177 Å². The van der Waals surface area contributed by atoms with Gasteiger partial charge in [-0.3, -0.25) is 4.90 Å². The molecule has 3 unspecified atom stereocenters. The number of nitrogens with zero attached hydrogens (tertiary/aromatic N) is 1. The van der Waals surface area contributed by atoms with Crippen molar-refractivity contribution in [3.8, 4) is 0 Å². The van der Waals surface area contributed by atoms with Crippen LogP contribution < -0.4 is 0 Å². The van der Waals surface area contributed by atoms with Gasteiger partial charge >= 0.3 is 0 Å². The molecule has 3 atom stereocenters. The summed E-state index contributed by atoms with van der Waals surface area (Å²) >= 11 is 6.29. The predicted octanol–water partition coefficient (Wildman–Crippen LogP) is 6.84. The third-order valence-corrected chi connectivity index (χ3v) is 6.80. The summed E-state index contributed by atoms with van der Waals surface area (Å²) in [4.78, 5) is 2.65. The van der Waals surface area contributed by atoms with Gasteiger partial charge in [-0.25, -0.2) is 0 Å². The van der Waals surface area contributed by atoms with E-state index >= 15 is 0 Å². The molecule has 1 aliphatic rings. The van der Waals surface area contributed by atoms with Crippen LogP contribution in [0.2, 0.25) is 0 Å². The molecule has 0 heterocycles. The van der Waals surface area contributed by atoms with Gasteiger partial charge in [-0.1, -0.05) is 54.6 Å². The minimum absolute atomic E-state index is 0.378. The maximum atomic E-state index is 6.29. The Morgan fingerprint density at radius 2 is 1.57 bits per heavy atom. The second kappa shape index (κ2) is 10.5. The summed E-state index contributed by atoms with van der Waals surface area (Å²) in [5, 5.41) is 0.378. The Morgan fingerprint density at radius 1 is 0.893 bits per heavy atom. The van der Waals surface area contributed by atoms with Gasteiger partial charge in [-0.15, -0.1) is 11.6 Å². The standard InChI is InChI=1S/C26H36ClN/c1-20(2)28(18-17-22-7-5-4-6-8-22)21(3)9-10-23-11-13-24(14-12-23)25-15-16-26(27)19-25/h4-8,11-14,20-21,25-26H,9-10,15-19H2,1-3H3. The van der Waals surface area contributed by atoms with E-state index in [0.29, 0.717) is 23.4 Å². The molecule has 2 aromatic rings. The van der Waals surface area contributed by atoms with Crippen molar-refractivity contribution in [1.29, 1.82) is 0 Å². The fourth-order valence-corrected chi connectivity index (χ4v) is 4.96. The summed E-state index contributed by atoms with van der Waals surface area (Å²) in [7, 11) is 0. The van der Waals surface area contributed by atoms with Gasteiger partial charge < -0.3 is 0 Å². The van der Waals surface area contributed by atoms with Crippen molar-refractivity contribution in [2.75, 3.05) is 6.54 Å². The van der Waals surface area contributed by atoms with Crippen LogP contribution in [0.4, 0.5) is 0 Å². The number of benzene rings is 2. The lowest BCUT2D eigenvalue weighted by atomic mass is 9.95. The second-order valence-corrected chi connectivity index (χ2v) is 9.42. The van der Waals surface area contributed by atoms with Crippen LogP contribution in [-0.2, 0) is 12.8 Å². The predicted molar refractivity (Wildman–Crippen MR) is 122 cm³/mol. The topological polar surface area (TPSA) is 3.24 Å². The van der Waals surface area contributed by atoms with E-state index in [1.165, 1.54) is 36.0 Å². The quantitative estimate of drug-likeness (QED) is 0.419. The van der Waals surface area contributed by atoms with Gasteiger partial charge in [0.05, 0.1) is 0 Å². The first kappa shape index (κ1) is 21.4. The van der Waals surface area contributed by atoms with Crippen molar-refractivity contribution >= 4 is 11.6 Å². The molecule has 0 spiro atoms. The average Bonchev–Trinajstić information content (AvgIpc) is 3.14. The zero-order valence-electron chi connectivity index (χ0n) is 17.8. The summed E-state index contributed by atoms with van der Waals surface area (Å²) in [6.45, 7) is 8.16. The molecule has 1 nitrogen and oxygen atoms in total. The smallest absolute Gasteiger partial charge is 0.0342 e. The molecule has 152 valence electrons. The molecule has 2 aromatic carbocycles. The van der Waals surface area contributed by atoms with E-state index in [2.05, 4.69) is 80.3 Å². The summed E-state index contributed by atoms with van der Waals surface area (Å²) in [6.07, 6.45) is 7.04. The lowest BCUT2D eigenvalue weighted by Gasteiger charge is -2.33. The second-order valence-electron chi connectivity index (χ2n) is 8.80. The van der Waals surface area contributed by atoms with Crippen molar-refractivity contribution in [2.45, 2.75) is 82.7 Å². The van der Waals surface area contributed by atoms with Crippen LogP contribution in [-0.4, -0.2) is 28.9 Å². The van der Waals surface area contributed by atoms with E-state index in [0.717, 1.165) is 25.8 Å². The molecular formula is C26H36ClN. The van der Waals surface area contributed by atoms with Crippen molar-refractivity contribution < 1.29 is 0 Å². The summed E-state index contributed by atoms with van der Waals surface area (Å²) < 4.78 is 0. The molecule has 0 saturated heterocycles. The lowest BCUT2D eigenvalue weighted by molar-refractivity contribution is 0.158. The molecule has 0 amide bonds.